The molecule has 1 aromatic rings. The summed E-state index contributed by atoms with van der Waals surface area (Å²) in [6, 6.07) is 1.40. The second kappa shape index (κ2) is 6.71. The normalized spacial score (nSPS) is 8.69. The Kier molecular flexibility index (Phi) is 6.32. The monoisotopic (exact) mass is 202 g/mol. The lowest BCUT2D eigenvalue weighted by atomic mass is 10.3. The Morgan fingerprint density at radius 2 is 2.08 bits per heavy atom. The standard InChI is InChI=1S/C7H9FN2S.C2H6/c1-5-3-7(8)9-4-6(5)10-11-2;1-2/h3-4,10H,1-2H3;1-2H3. The number of aryl methyl sites for hydroxylation is 1. The van der Waals surface area contributed by atoms with E-state index in [0.717, 1.165) is 11.3 Å². The van der Waals surface area contributed by atoms with Crippen LogP contribution in [0.15, 0.2) is 12.3 Å². The van der Waals surface area contributed by atoms with Crippen LogP contribution in [0, 0.1) is 12.9 Å². The van der Waals surface area contributed by atoms with Crippen LogP contribution in [0.1, 0.15) is 19.4 Å². The van der Waals surface area contributed by atoms with Gasteiger partial charge < -0.3 is 4.72 Å². The first-order valence-electron chi connectivity index (χ1n) is 4.15. The molecule has 4 heteroatoms. The molecule has 0 aliphatic carbocycles. The lowest BCUT2D eigenvalue weighted by Gasteiger charge is -2.04. The molecule has 0 fully saturated rings. The molecule has 1 aromatic heterocycles. The minimum Gasteiger partial charge on any atom is -0.328 e. The zero-order chi connectivity index (χ0) is 10.3. The van der Waals surface area contributed by atoms with Gasteiger partial charge in [0.15, 0.2) is 0 Å². The molecule has 1 rings (SSSR count). The second-order valence-electron chi connectivity index (χ2n) is 2.13. The van der Waals surface area contributed by atoms with Crippen molar-refractivity contribution in [1.82, 2.24) is 4.98 Å². The number of aromatic nitrogens is 1. The average molecular weight is 202 g/mol. The number of anilines is 1. The Morgan fingerprint density at radius 3 is 2.54 bits per heavy atom. The third-order valence-electron chi connectivity index (χ3n) is 1.29. The van der Waals surface area contributed by atoms with Gasteiger partial charge >= 0.3 is 0 Å². The van der Waals surface area contributed by atoms with Crippen LogP contribution in [-0.2, 0) is 0 Å². The van der Waals surface area contributed by atoms with Crippen molar-refractivity contribution in [2.24, 2.45) is 0 Å². The van der Waals surface area contributed by atoms with Gasteiger partial charge in [0.05, 0.1) is 11.9 Å². The van der Waals surface area contributed by atoms with Gasteiger partial charge in [-0.1, -0.05) is 25.8 Å². The smallest absolute Gasteiger partial charge is 0.213 e. The van der Waals surface area contributed by atoms with E-state index >= 15 is 0 Å². The predicted molar refractivity (Wildman–Crippen MR) is 57.4 cm³/mol. The molecule has 0 radical (unpaired) electrons. The molecule has 0 aliphatic rings. The van der Waals surface area contributed by atoms with E-state index in [9.17, 15) is 4.39 Å². The highest BCUT2D eigenvalue weighted by atomic mass is 32.2. The largest absolute Gasteiger partial charge is 0.328 e. The zero-order valence-electron chi connectivity index (χ0n) is 8.39. The van der Waals surface area contributed by atoms with Gasteiger partial charge in [-0.15, -0.1) is 0 Å². The van der Waals surface area contributed by atoms with Crippen molar-refractivity contribution in [3.8, 4) is 0 Å². The summed E-state index contributed by atoms with van der Waals surface area (Å²) >= 11 is 1.46. The van der Waals surface area contributed by atoms with Crippen molar-refractivity contribution in [2.45, 2.75) is 20.8 Å². The molecule has 74 valence electrons. The molecule has 13 heavy (non-hydrogen) atoms. The summed E-state index contributed by atoms with van der Waals surface area (Å²) in [6.45, 7) is 5.84. The molecule has 1 N–H and O–H groups in total. The molecule has 0 saturated heterocycles. The maximum atomic E-state index is 12.4. The summed E-state index contributed by atoms with van der Waals surface area (Å²) in [5, 5.41) is 0. The molecule has 0 amide bonds. The van der Waals surface area contributed by atoms with Crippen molar-refractivity contribution in [3.63, 3.8) is 0 Å². The van der Waals surface area contributed by atoms with E-state index in [1.165, 1.54) is 24.2 Å². The van der Waals surface area contributed by atoms with Crippen LogP contribution in [0.2, 0.25) is 0 Å². The molecule has 0 bridgehead atoms. The fourth-order valence-corrected chi connectivity index (χ4v) is 1.17. The molecule has 0 aliphatic heterocycles. The highest BCUT2D eigenvalue weighted by molar-refractivity contribution is 7.99. The predicted octanol–water partition coefficient (Wildman–Crippen LogP) is 3.25. The molecule has 0 unspecified atom stereocenters. The van der Waals surface area contributed by atoms with Crippen LogP contribution < -0.4 is 4.72 Å². The number of halogens is 1. The maximum Gasteiger partial charge on any atom is 0.213 e. The molecular weight excluding hydrogens is 187 g/mol. The Balaban J connectivity index is 0.000000671. The Morgan fingerprint density at radius 1 is 1.46 bits per heavy atom. The van der Waals surface area contributed by atoms with Crippen LogP contribution in [-0.4, -0.2) is 11.2 Å². The van der Waals surface area contributed by atoms with E-state index in [2.05, 4.69) is 9.71 Å². The third kappa shape index (κ3) is 4.12. The number of rotatable bonds is 2. The summed E-state index contributed by atoms with van der Waals surface area (Å²) in [7, 11) is 0. The van der Waals surface area contributed by atoms with Crippen LogP contribution in [0.25, 0.3) is 0 Å². The fourth-order valence-electron chi connectivity index (χ4n) is 0.739. The lowest BCUT2D eigenvalue weighted by Crippen LogP contribution is -1.92. The van der Waals surface area contributed by atoms with Gasteiger partial charge in [-0.25, -0.2) is 4.98 Å². The van der Waals surface area contributed by atoms with Crippen molar-refractivity contribution in [2.75, 3.05) is 11.0 Å². The second-order valence-corrected chi connectivity index (χ2v) is 2.74. The molecule has 0 atom stereocenters. The SMILES string of the molecule is CC.CSNc1cnc(F)cc1C. The lowest BCUT2D eigenvalue weighted by molar-refractivity contribution is 0.583. The highest BCUT2D eigenvalue weighted by Crippen LogP contribution is 2.15. The van der Waals surface area contributed by atoms with Gasteiger partial charge in [0.25, 0.3) is 0 Å². The Hall–Kier alpha value is -0.770. The fraction of sp³-hybridized carbons (Fsp3) is 0.444. The summed E-state index contributed by atoms with van der Waals surface area (Å²) < 4.78 is 15.4. The molecule has 0 saturated carbocycles. The first kappa shape index (κ1) is 12.2. The maximum absolute atomic E-state index is 12.4. The quantitative estimate of drug-likeness (QED) is 0.588. The first-order chi connectivity index (χ1) is 6.24. The number of nitrogens with zero attached hydrogens (tertiary/aromatic N) is 1. The third-order valence-corrected chi connectivity index (χ3v) is 1.71. The van der Waals surface area contributed by atoms with Gasteiger partial charge in [-0.2, -0.15) is 4.39 Å². The van der Waals surface area contributed by atoms with Gasteiger partial charge in [0.2, 0.25) is 5.95 Å². The topological polar surface area (TPSA) is 24.9 Å². The number of hydrogen-bond acceptors (Lipinski definition) is 3. The number of pyridine rings is 1. The van der Waals surface area contributed by atoms with Crippen molar-refractivity contribution in [3.05, 3.63) is 23.8 Å². The molecule has 0 aromatic carbocycles. The van der Waals surface area contributed by atoms with Crippen LogP contribution in [0.3, 0.4) is 0 Å². The summed E-state index contributed by atoms with van der Waals surface area (Å²) in [4.78, 5) is 3.52. The zero-order valence-corrected chi connectivity index (χ0v) is 9.20. The van der Waals surface area contributed by atoms with E-state index in [0.29, 0.717) is 0 Å². The van der Waals surface area contributed by atoms with E-state index in [1.807, 2.05) is 27.0 Å². The van der Waals surface area contributed by atoms with Gasteiger partial charge in [0, 0.05) is 6.26 Å². The van der Waals surface area contributed by atoms with E-state index in [4.69, 9.17) is 0 Å². The van der Waals surface area contributed by atoms with Gasteiger partial charge in [-0.05, 0) is 18.6 Å². The van der Waals surface area contributed by atoms with Crippen molar-refractivity contribution >= 4 is 17.6 Å². The van der Waals surface area contributed by atoms with Gasteiger partial charge in [0.1, 0.15) is 0 Å². The molecule has 0 spiro atoms. The van der Waals surface area contributed by atoms with Crippen LogP contribution in [0.4, 0.5) is 10.1 Å². The average Bonchev–Trinajstić information content (AvgIpc) is 2.14. The minimum atomic E-state index is -0.436. The van der Waals surface area contributed by atoms with Crippen LogP contribution in [0.5, 0.6) is 0 Å². The first-order valence-corrected chi connectivity index (χ1v) is 5.37. The highest BCUT2D eigenvalue weighted by Gasteiger charge is 1.98. The Bertz CT molecular complexity index is 253. The summed E-state index contributed by atoms with van der Waals surface area (Å²) in [5.74, 6) is -0.436. The van der Waals surface area contributed by atoms with Gasteiger partial charge in [-0.3, -0.25) is 0 Å². The summed E-state index contributed by atoms with van der Waals surface area (Å²) in [6.07, 6.45) is 3.39. The van der Waals surface area contributed by atoms with Crippen LogP contribution >= 0.6 is 11.9 Å². The van der Waals surface area contributed by atoms with Crippen molar-refractivity contribution in [1.29, 1.82) is 0 Å². The number of nitrogens with one attached hydrogen (secondary N) is 1. The van der Waals surface area contributed by atoms with E-state index < -0.39 is 5.95 Å². The molecule has 2 nitrogen and oxygen atoms in total. The van der Waals surface area contributed by atoms with E-state index in [1.54, 1.807) is 0 Å². The minimum absolute atomic E-state index is 0.436. The molecule has 1 heterocycles. The number of hydrogen-bond donors (Lipinski definition) is 1. The Labute approximate surface area is 83.1 Å². The summed E-state index contributed by atoms with van der Waals surface area (Å²) in [5.41, 5.74) is 1.73. The molecular formula is C9H15FN2S. The van der Waals surface area contributed by atoms with E-state index in [-0.39, 0.29) is 0 Å². The van der Waals surface area contributed by atoms with Crippen molar-refractivity contribution < 1.29 is 4.39 Å².